The molecule has 0 aliphatic heterocycles. The smallest absolute Gasteiger partial charge is 0.154 e. The first-order valence-corrected chi connectivity index (χ1v) is 8.78. The minimum Gasteiger partial charge on any atom is -0.475 e. The van der Waals surface area contributed by atoms with Crippen molar-refractivity contribution in [2.75, 3.05) is 0 Å². The van der Waals surface area contributed by atoms with Gasteiger partial charge in [0.15, 0.2) is 6.23 Å². The van der Waals surface area contributed by atoms with Gasteiger partial charge in [-0.05, 0) is 55.5 Å². The molecule has 0 fully saturated rings. The van der Waals surface area contributed by atoms with E-state index in [1.165, 1.54) is 0 Å². The molecule has 0 saturated heterocycles. The number of nitrogens with one attached hydrogen (secondary N) is 1. The standard InChI is InChI=1S/C18H22ClNO2S/c1-12(2)18(20-13(3)21)22-15-6-10-17(11-7-15)23-16-8-4-14(19)5-9-16/h4-13,18,20-21H,1-3H3. The molecule has 2 N–H and O–H groups in total. The summed E-state index contributed by atoms with van der Waals surface area (Å²) in [5, 5.41) is 13.2. The van der Waals surface area contributed by atoms with Gasteiger partial charge in [0.25, 0.3) is 0 Å². The fourth-order valence-corrected chi connectivity index (χ4v) is 2.91. The zero-order valence-corrected chi connectivity index (χ0v) is 15.1. The Morgan fingerprint density at radius 2 is 1.48 bits per heavy atom. The van der Waals surface area contributed by atoms with Crippen LogP contribution in [0.25, 0.3) is 0 Å². The summed E-state index contributed by atoms with van der Waals surface area (Å²) in [5.41, 5.74) is 0. The summed E-state index contributed by atoms with van der Waals surface area (Å²) in [6.07, 6.45) is -0.841. The van der Waals surface area contributed by atoms with Gasteiger partial charge >= 0.3 is 0 Å². The highest BCUT2D eigenvalue weighted by molar-refractivity contribution is 7.99. The van der Waals surface area contributed by atoms with Gasteiger partial charge in [0.2, 0.25) is 0 Å². The van der Waals surface area contributed by atoms with Gasteiger partial charge in [-0.1, -0.05) is 37.2 Å². The fourth-order valence-electron chi connectivity index (χ4n) is 1.97. The van der Waals surface area contributed by atoms with Crippen LogP contribution in [0.5, 0.6) is 5.75 Å². The molecule has 0 bridgehead atoms. The van der Waals surface area contributed by atoms with Crippen LogP contribution in [0.2, 0.25) is 5.02 Å². The van der Waals surface area contributed by atoms with Crippen LogP contribution < -0.4 is 10.1 Å². The fraction of sp³-hybridized carbons (Fsp3) is 0.333. The van der Waals surface area contributed by atoms with Crippen molar-refractivity contribution in [2.24, 2.45) is 5.92 Å². The number of halogens is 1. The van der Waals surface area contributed by atoms with E-state index in [-0.39, 0.29) is 12.1 Å². The molecule has 2 unspecified atom stereocenters. The van der Waals surface area contributed by atoms with Gasteiger partial charge < -0.3 is 9.84 Å². The average Bonchev–Trinajstić information content (AvgIpc) is 2.50. The van der Waals surface area contributed by atoms with Crippen LogP contribution in [0.15, 0.2) is 58.3 Å². The molecule has 0 amide bonds. The molecule has 0 aliphatic rings. The van der Waals surface area contributed by atoms with Crippen LogP contribution in [0.4, 0.5) is 0 Å². The van der Waals surface area contributed by atoms with E-state index in [0.717, 1.165) is 20.6 Å². The second-order valence-electron chi connectivity index (χ2n) is 5.65. The topological polar surface area (TPSA) is 41.5 Å². The van der Waals surface area contributed by atoms with E-state index in [2.05, 4.69) is 5.32 Å². The molecule has 3 nitrogen and oxygen atoms in total. The lowest BCUT2D eigenvalue weighted by molar-refractivity contribution is 0.0414. The normalized spacial score (nSPS) is 13.8. The highest BCUT2D eigenvalue weighted by atomic mass is 35.5. The molecule has 2 aromatic carbocycles. The van der Waals surface area contributed by atoms with E-state index < -0.39 is 6.23 Å². The average molecular weight is 352 g/mol. The summed E-state index contributed by atoms with van der Waals surface area (Å²) in [5.74, 6) is 1.02. The van der Waals surface area contributed by atoms with Gasteiger partial charge in [0.05, 0.1) is 0 Å². The van der Waals surface area contributed by atoms with Crippen molar-refractivity contribution < 1.29 is 9.84 Å². The van der Waals surface area contributed by atoms with Crippen molar-refractivity contribution in [3.05, 3.63) is 53.6 Å². The van der Waals surface area contributed by atoms with Crippen LogP contribution in [0.3, 0.4) is 0 Å². The van der Waals surface area contributed by atoms with Gasteiger partial charge in [0.1, 0.15) is 12.0 Å². The van der Waals surface area contributed by atoms with Crippen molar-refractivity contribution in [2.45, 2.75) is 43.0 Å². The molecular weight excluding hydrogens is 330 g/mol. The summed E-state index contributed by atoms with van der Waals surface area (Å²) < 4.78 is 5.91. The Labute approximate surface area is 147 Å². The minimum absolute atomic E-state index is 0.232. The molecule has 0 saturated carbocycles. The SMILES string of the molecule is CC(O)NC(Oc1ccc(Sc2ccc(Cl)cc2)cc1)C(C)C. The maximum absolute atomic E-state index is 9.47. The number of benzene rings is 2. The zero-order valence-electron chi connectivity index (χ0n) is 13.5. The van der Waals surface area contributed by atoms with Crippen LogP contribution in [-0.2, 0) is 0 Å². The molecule has 5 heteroatoms. The van der Waals surface area contributed by atoms with E-state index in [4.69, 9.17) is 16.3 Å². The Hall–Kier alpha value is -1.20. The molecule has 0 spiro atoms. The number of aliphatic hydroxyl groups excluding tert-OH is 1. The predicted octanol–water partition coefficient (Wildman–Crippen LogP) is 4.78. The first-order valence-electron chi connectivity index (χ1n) is 7.58. The number of ether oxygens (including phenoxy) is 1. The molecule has 124 valence electrons. The monoisotopic (exact) mass is 351 g/mol. The Bertz CT molecular complexity index is 599. The molecular formula is C18H22ClNO2S. The van der Waals surface area contributed by atoms with E-state index in [9.17, 15) is 5.11 Å². The Morgan fingerprint density at radius 3 is 1.96 bits per heavy atom. The summed E-state index contributed by atoms with van der Waals surface area (Å²) in [6, 6.07) is 15.7. The van der Waals surface area contributed by atoms with Crippen LogP contribution in [0, 0.1) is 5.92 Å². The van der Waals surface area contributed by atoms with Crippen molar-refractivity contribution in [3.8, 4) is 5.75 Å². The summed E-state index contributed by atoms with van der Waals surface area (Å²) >= 11 is 7.57. The molecule has 2 rings (SSSR count). The Morgan fingerprint density at radius 1 is 0.957 bits per heavy atom. The first-order chi connectivity index (χ1) is 10.9. The molecule has 2 atom stereocenters. The lowest BCUT2D eigenvalue weighted by Crippen LogP contribution is -2.43. The lowest BCUT2D eigenvalue weighted by atomic mass is 10.2. The third-order valence-corrected chi connectivity index (χ3v) is 4.41. The lowest BCUT2D eigenvalue weighted by Gasteiger charge is -2.25. The zero-order chi connectivity index (χ0) is 16.8. The highest BCUT2D eigenvalue weighted by Crippen LogP contribution is 2.30. The van der Waals surface area contributed by atoms with Crippen molar-refractivity contribution in [3.63, 3.8) is 0 Å². The maximum Gasteiger partial charge on any atom is 0.154 e. The van der Waals surface area contributed by atoms with Gasteiger partial charge in [-0.2, -0.15) is 0 Å². The van der Waals surface area contributed by atoms with Crippen molar-refractivity contribution >= 4 is 23.4 Å². The Kier molecular flexibility index (Phi) is 6.78. The summed E-state index contributed by atoms with van der Waals surface area (Å²) in [6.45, 7) is 5.78. The maximum atomic E-state index is 9.47. The number of hydrogen-bond donors (Lipinski definition) is 2. The summed E-state index contributed by atoms with van der Waals surface area (Å²) in [4.78, 5) is 2.27. The third kappa shape index (κ3) is 6.07. The Balaban J connectivity index is 1.99. The molecule has 0 aliphatic carbocycles. The van der Waals surface area contributed by atoms with E-state index in [1.807, 2.05) is 62.4 Å². The molecule has 23 heavy (non-hydrogen) atoms. The third-order valence-electron chi connectivity index (χ3n) is 3.15. The second kappa shape index (κ2) is 8.60. The largest absolute Gasteiger partial charge is 0.475 e. The van der Waals surface area contributed by atoms with Crippen LogP contribution >= 0.6 is 23.4 Å². The molecule has 0 radical (unpaired) electrons. The first kappa shape index (κ1) is 18.1. The van der Waals surface area contributed by atoms with Crippen molar-refractivity contribution in [1.29, 1.82) is 0 Å². The van der Waals surface area contributed by atoms with Gasteiger partial charge in [-0.25, -0.2) is 0 Å². The van der Waals surface area contributed by atoms with Crippen LogP contribution in [-0.4, -0.2) is 17.6 Å². The predicted molar refractivity (Wildman–Crippen MR) is 96.1 cm³/mol. The van der Waals surface area contributed by atoms with E-state index >= 15 is 0 Å². The van der Waals surface area contributed by atoms with Crippen LogP contribution in [0.1, 0.15) is 20.8 Å². The minimum atomic E-state index is -0.609. The second-order valence-corrected chi connectivity index (χ2v) is 7.24. The highest BCUT2D eigenvalue weighted by Gasteiger charge is 2.16. The number of rotatable bonds is 7. The molecule has 0 heterocycles. The van der Waals surface area contributed by atoms with Gasteiger partial charge in [0, 0.05) is 20.7 Å². The number of aliphatic hydroxyl groups is 1. The molecule has 0 aromatic heterocycles. The van der Waals surface area contributed by atoms with Gasteiger partial charge in [-0.3, -0.25) is 5.32 Å². The van der Waals surface area contributed by atoms with Gasteiger partial charge in [-0.15, -0.1) is 0 Å². The van der Waals surface area contributed by atoms with E-state index in [0.29, 0.717) is 0 Å². The number of hydrogen-bond acceptors (Lipinski definition) is 4. The van der Waals surface area contributed by atoms with Crippen molar-refractivity contribution in [1.82, 2.24) is 5.32 Å². The van der Waals surface area contributed by atoms with E-state index in [1.54, 1.807) is 18.7 Å². The molecule has 2 aromatic rings. The summed E-state index contributed by atoms with van der Waals surface area (Å²) in [7, 11) is 0. The quantitative estimate of drug-likeness (QED) is 0.704.